The molecule has 2 rings (SSSR count). The highest BCUT2D eigenvalue weighted by Crippen LogP contribution is 2.18. The lowest BCUT2D eigenvalue weighted by molar-refractivity contribution is 0.0945. The van der Waals surface area contributed by atoms with Crippen molar-refractivity contribution in [2.45, 2.75) is 27.3 Å². The molecule has 2 aromatic heterocycles. The van der Waals surface area contributed by atoms with Crippen LogP contribution in [0.1, 0.15) is 44.6 Å². The topological polar surface area (TPSA) is 74.8 Å². The van der Waals surface area contributed by atoms with Gasteiger partial charge in [0.25, 0.3) is 5.91 Å². The number of ketones is 1. The van der Waals surface area contributed by atoms with E-state index in [4.69, 9.17) is 0 Å². The van der Waals surface area contributed by atoms with Gasteiger partial charge in [0.05, 0.1) is 0 Å². The number of aryl methyl sites for hydroxylation is 1. The van der Waals surface area contributed by atoms with Crippen LogP contribution in [0.25, 0.3) is 0 Å². The van der Waals surface area contributed by atoms with Crippen LogP contribution in [0, 0.1) is 13.8 Å². The zero-order chi connectivity index (χ0) is 14.7. The second kappa shape index (κ2) is 5.69. The van der Waals surface area contributed by atoms with Gasteiger partial charge in [-0.2, -0.15) is 0 Å². The summed E-state index contributed by atoms with van der Waals surface area (Å²) in [5, 5.41) is 2.81. The number of carbonyl (C=O) groups is 2. The van der Waals surface area contributed by atoms with Crippen molar-refractivity contribution < 1.29 is 9.59 Å². The summed E-state index contributed by atoms with van der Waals surface area (Å²) in [5.41, 5.74) is 3.38. The van der Waals surface area contributed by atoms with Gasteiger partial charge in [-0.25, -0.2) is 0 Å². The van der Waals surface area contributed by atoms with E-state index in [-0.39, 0.29) is 11.7 Å². The summed E-state index contributed by atoms with van der Waals surface area (Å²) in [6, 6.07) is 3.71. The van der Waals surface area contributed by atoms with Crippen molar-refractivity contribution in [1.82, 2.24) is 15.3 Å². The zero-order valence-corrected chi connectivity index (χ0v) is 11.8. The number of Topliss-reactive ketones (excluding diaryl/α,β-unsaturated/α-hetero) is 1. The van der Waals surface area contributed by atoms with E-state index in [2.05, 4.69) is 15.3 Å². The monoisotopic (exact) mass is 271 g/mol. The molecule has 1 amide bonds. The molecule has 0 fully saturated rings. The number of aromatic nitrogens is 2. The maximum atomic E-state index is 12.2. The number of hydrogen-bond donors (Lipinski definition) is 2. The number of carbonyl (C=O) groups excluding carboxylic acids is 2. The number of aromatic amines is 1. The third kappa shape index (κ3) is 2.77. The molecule has 104 valence electrons. The number of rotatable bonds is 4. The number of pyridine rings is 1. The summed E-state index contributed by atoms with van der Waals surface area (Å²) in [6.45, 7) is 5.47. The fourth-order valence-corrected chi connectivity index (χ4v) is 2.28. The van der Waals surface area contributed by atoms with E-state index in [0.717, 1.165) is 11.3 Å². The lowest BCUT2D eigenvalue weighted by atomic mass is 10.1. The van der Waals surface area contributed by atoms with Gasteiger partial charge >= 0.3 is 0 Å². The van der Waals surface area contributed by atoms with Crippen molar-refractivity contribution in [2.75, 3.05) is 0 Å². The molecular formula is C15H17N3O2. The molecule has 5 nitrogen and oxygen atoms in total. The molecule has 0 aromatic carbocycles. The summed E-state index contributed by atoms with van der Waals surface area (Å²) >= 11 is 0. The van der Waals surface area contributed by atoms with Gasteiger partial charge in [-0.15, -0.1) is 0 Å². The van der Waals surface area contributed by atoms with E-state index in [1.54, 1.807) is 26.2 Å². The zero-order valence-electron chi connectivity index (χ0n) is 11.8. The third-order valence-corrected chi connectivity index (χ3v) is 3.19. The molecule has 0 bridgehead atoms. The molecule has 0 saturated carbocycles. The lowest BCUT2D eigenvalue weighted by Crippen LogP contribution is -2.24. The SMILES string of the molecule is CC(=O)c1c(C)[nH]c(C(=O)NCc2cccnc2)c1C. The molecule has 20 heavy (non-hydrogen) atoms. The highest BCUT2D eigenvalue weighted by molar-refractivity contribution is 6.02. The molecule has 0 aliphatic heterocycles. The van der Waals surface area contributed by atoms with Gasteiger partial charge in [0, 0.05) is 30.2 Å². The van der Waals surface area contributed by atoms with E-state index in [1.165, 1.54) is 6.92 Å². The molecule has 0 atom stereocenters. The Labute approximate surface area is 117 Å². The van der Waals surface area contributed by atoms with Gasteiger partial charge in [-0.3, -0.25) is 14.6 Å². The summed E-state index contributed by atoms with van der Waals surface area (Å²) in [6.07, 6.45) is 3.39. The van der Waals surface area contributed by atoms with E-state index in [1.807, 2.05) is 12.1 Å². The van der Waals surface area contributed by atoms with Crippen LogP contribution < -0.4 is 5.32 Å². The largest absolute Gasteiger partial charge is 0.354 e. The number of amides is 1. The molecule has 0 aliphatic carbocycles. The minimum absolute atomic E-state index is 0.0393. The van der Waals surface area contributed by atoms with Crippen molar-refractivity contribution >= 4 is 11.7 Å². The highest BCUT2D eigenvalue weighted by Gasteiger charge is 2.19. The van der Waals surface area contributed by atoms with Crippen molar-refractivity contribution in [3.63, 3.8) is 0 Å². The first kappa shape index (κ1) is 14.0. The summed E-state index contributed by atoms with van der Waals surface area (Å²) < 4.78 is 0. The number of nitrogens with zero attached hydrogens (tertiary/aromatic N) is 1. The van der Waals surface area contributed by atoms with Crippen molar-refractivity contribution in [3.8, 4) is 0 Å². The number of nitrogens with one attached hydrogen (secondary N) is 2. The van der Waals surface area contributed by atoms with Gasteiger partial charge in [-0.05, 0) is 38.0 Å². The lowest BCUT2D eigenvalue weighted by Gasteiger charge is -2.04. The first-order chi connectivity index (χ1) is 9.50. The average Bonchev–Trinajstić information content (AvgIpc) is 2.72. The molecule has 2 heterocycles. The fourth-order valence-electron chi connectivity index (χ4n) is 2.28. The van der Waals surface area contributed by atoms with Crippen LogP contribution in [0.4, 0.5) is 0 Å². The van der Waals surface area contributed by atoms with E-state index < -0.39 is 0 Å². The Hall–Kier alpha value is -2.43. The van der Waals surface area contributed by atoms with Crippen molar-refractivity contribution in [1.29, 1.82) is 0 Å². The second-order valence-electron chi connectivity index (χ2n) is 4.73. The number of H-pyrrole nitrogens is 1. The van der Waals surface area contributed by atoms with Gasteiger partial charge in [0.15, 0.2) is 5.78 Å². The molecule has 0 radical (unpaired) electrons. The maximum Gasteiger partial charge on any atom is 0.268 e. The van der Waals surface area contributed by atoms with E-state index in [9.17, 15) is 9.59 Å². The van der Waals surface area contributed by atoms with Crippen molar-refractivity contribution in [2.24, 2.45) is 0 Å². The Kier molecular flexibility index (Phi) is 3.98. The van der Waals surface area contributed by atoms with E-state index in [0.29, 0.717) is 23.4 Å². The van der Waals surface area contributed by atoms with Crippen LogP contribution in [-0.4, -0.2) is 21.7 Å². The van der Waals surface area contributed by atoms with Crippen LogP contribution >= 0.6 is 0 Å². The van der Waals surface area contributed by atoms with Gasteiger partial charge in [-0.1, -0.05) is 6.07 Å². The fraction of sp³-hybridized carbons (Fsp3) is 0.267. The van der Waals surface area contributed by atoms with Gasteiger partial charge < -0.3 is 10.3 Å². The Balaban J connectivity index is 2.14. The molecule has 0 spiro atoms. The maximum absolute atomic E-state index is 12.2. The summed E-state index contributed by atoms with van der Waals surface area (Å²) in [5.74, 6) is -0.260. The van der Waals surface area contributed by atoms with Crippen LogP contribution in [-0.2, 0) is 6.54 Å². The first-order valence-electron chi connectivity index (χ1n) is 6.38. The van der Waals surface area contributed by atoms with Crippen molar-refractivity contribution in [3.05, 3.63) is 52.6 Å². The van der Waals surface area contributed by atoms with Gasteiger partial charge in [0.1, 0.15) is 5.69 Å². The molecule has 2 aromatic rings. The average molecular weight is 271 g/mol. The predicted molar refractivity (Wildman–Crippen MR) is 75.7 cm³/mol. The molecule has 2 N–H and O–H groups in total. The van der Waals surface area contributed by atoms with Gasteiger partial charge in [0.2, 0.25) is 0 Å². The highest BCUT2D eigenvalue weighted by atomic mass is 16.2. The Morgan fingerprint density at radius 1 is 1.35 bits per heavy atom. The minimum atomic E-state index is -0.220. The van der Waals surface area contributed by atoms with E-state index >= 15 is 0 Å². The summed E-state index contributed by atoms with van der Waals surface area (Å²) in [4.78, 5) is 30.7. The van der Waals surface area contributed by atoms with Crippen LogP contribution in [0.3, 0.4) is 0 Å². The molecule has 0 aliphatic rings. The normalized spacial score (nSPS) is 10.3. The third-order valence-electron chi connectivity index (χ3n) is 3.19. The molecule has 5 heteroatoms. The second-order valence-corrected chi connectivity index (χ2v) is 4.73. The Morgan fingerprint density at radius 2 is 2.10 bits per heavy atom. The molecular weight excluding hydrogens is 254 g/mol. The minimum Gasteiger partial charge on any atom is -0.354 e. The van der Waals surface area contributed by atoms with Crippen LogP contribution in [0.5, 0.6) is 0 Å². The quantitative estimate of drug-likeness (QED) is 0.837. The Morgan fingerprint density at radius 3 is 2.65 bits per heavy atom. The number of hydrogen-bond acceptors (Lipinski definition) is 3. The molecule has 0 saturated heterocycles. The Bertz CT molecular complexity index is 645. The summed E-state index contributed by atoms with van der Waals surface area (Å²) in [7, 11) is 0. The van der Waals surface area contributed by atoms with Crippen LogP contribution in [0.2, 0.25) is 0 Å². The standard InChI is InChI=1S/C15H17N3O2/c1-9-13(11(3)19)10(2)18-14(9)15(20)17-8-12-5-4-6-16-7-12/h4-7,18H,8H2,1-3H3,(H,17,20). The molecule has 0 unspecified atom stereocenters. The van der Waals surface area contributed by atoms with Crippen LogP contribution in [0.15, 0.2) is 24.5 Å². The predicted octanol–water partition coefficient (Wildman–Crippen LogP) is 2.16. The first-order valence-corrected chi connectivity index (χ1v) is 6.38. The smallest absolute Gasteiger partial charge is 0.268 e.